The van der Waals surface area contributed by atoms with E-state index in [0.717, 1.165) is 6.42 Å². The average molecular weight is 264 g/mol. The quantitative estimate of drug-likeness (QED) is 0.921. The predicted octanol–water partition coefficient (Wildman–Crippen LogP) is 3.17. The van der Waals surface area contributed by atoms with Crippen LogP contribution in [0.3, 0.4) is 0 Å². The van der Waals surface area contributed by atoms with Gasteiger partial charge in [0.05, 0.1) is 17.3 Å². The summed E-state index contributed by atoms with van der Waals surface area (Å²) in [5.41, 5.74) is 8.68. The molecule has 0 fully saturated rings. The molecule has 1 aromatic heterocycles. The fraction of sp³-hybridized carbons (Fsp3) is 0.357. The molecule has 0 aliphatic heterocycles. The number of halogens is 1. The molecule has 1 heterocycles. The van der Waals surface area contributed by atoms with E-state index in [9.17, 15) is 0 Å². The van der Waals surface area contributed by atoms with E-state index in [1.807, 2.05) is 23.0 Å². The number of nitrogens with two attached hydrogens (primary N) is 1. The van der Waals surface area contributed by atoms with Crippen molar-refractivity contribution >= 4 is 11.6 Å². The number of hydrogen-bond donors (Lipinski definition) is 1. The summed E-state index contributed by atoms with van der Waals surface area (Å²) in [6.45, 7) is 4.18. The summed E-state index contributed by atoms with van der Waals surface area (Å²) in [7, 11) is 0. The van der Waals surface area contributed by atoms with Crippen LogP contribution in [0.25, 0.3) is 0 Å². The van der Waals surface area contributed by atoms with Crippen molar-refractivity contribution in [1.29, 1.82) is 0 Å². The molecule has 2 rings (SSSR count). The van der Waals surface area contributed by atoms with Crippen molar-refractivity contribution in [1.82, 2.24) is 9.78 Å². The standard InChI is InChI=1S/C14H18ClN3/c1-3-13(16)14(18-9-11(15)8-17-18)12-7-5-4-6-10(12)2/h4-9,13-14H,3,16H2,1-2H3. The summed E-state index contributed by atoms with van der Waals surface area (Å²) in [6.07, 6.45) is 4.36. The Hall–Kier alpha value is -1.32. The van der Waals surface area contributed by atoms with E-state index < -0.39 is 0 Å². The highest BCUT2D eigenvalue weighted by Gasteiger charge is 2.22. The largest absolute Gasteiger partial charge is 0.326 e. The Morgan fingerprint density at radius 1 is 1.39 bits per heavy atom. The molecular formula is C14H18ClN3. The Labute approximate surface area is 113 Å². The molecule has 1 aromatic carbocycles. The van der Waals surface area contributed by atoms with Crippen LogP contribution in [-0.2, 0) is 0 Å². The van der Waals surface area contributed by atoms with Gasteiger partial charge in [-0.3, -0.25) is 4.68 Å². The summed E-state index contributed by atoms with van der Waals surface area (Å²) >= 11 is 5.96. The van der Waals surface area contributed by atoms with Gasteiger partial charge in [-0.05, 0) is 24.5 Å². The van der Waals surface area contributed by atoms with E-state index >= 15 is 0 Å². The molecule has 3 nitrogen and oxygen atoms in total. The monoisotopic (exact) mass is 263 g/mol. The fourth-order valence-corrected chi connectivity index (χ4v) is 2.32. The van der Waals surface area contributed by atoms with E-state index in [4.69, 9.17) is 17.3 Å². The molecule has 0 saturated heterocycles. The van der Waals surface area contributed by atoms with Crippen molar-refractivity contribution < 1.29 is 0 Å². The lowest BCUT2D eigenvalue weighted by atomic mass is 9.94. The highest BCUT2D eigenvalue weighted by molar-refractivity contribution is 6.30. The zero-order chi connectivity index (χ0) is 13.1. The maximum atomic E-state index is 6.26. The topological polar surface area (TPSA) is 43.8 Å². The van der Waals surface area contributed by atoms with Gasteiger partial charge in [0.25, 0.3) is 0 Å². The van der Waals surface area contributed by atoms with Crippen molar-refractivity contribution in [2.75, 3.05) is 0 Å². The smallest absolute Gasteiger partial charge is 0.0922 e. The van der Waals surface area contributed by atoms with Crippen LogP contribution in [-0.4, -0.2) is 15.8 Å². The third kappa shape index (κ3) is 2.57. The van der Waals surface area contributed by atoms with Crippen LogP contribution in [0.2, 0.25) is 5.02 Å². The van der Waals surface area contributed by atoms with Gasteiger partial charge in [-0.1, -0.05) is 42.8 Å². The molecule has 2 atom stereocenters. The van der Waals surface area contributed by atoms with E-state index in [2.05, 4.69) is 31.1 Å². The van der Waals surface area contributed by atoms with Crippen molar-refractivity contribution in [2.24, 2.45) is 5.73 Å². The molecular weight excluding hydrogens is 246 g/mol. The first-order valence-corrected chi connectivity index (χ1v) is 6.52. The molecule has 0 amide bonds. The van der Waals surface area contributed by atoms with Crippen LogP contribution < -0.4 is 5.73 Å². The molecule has 18 heavy (non-hydrogen) atoms. The molecule has 0 saturated carbocycles. The van der Waals surface area contributed by atoms with E-state index in [1.165, 1.54) is 11.1 Å². The average Bonchev–Trinajstić information content (AvgIpc) is 2.78. The van der Waals surface area contributed by atoms with Crippen molar-refractivity contribution in [3.63, 3.8) is 0 Å². The number of aromatic nitrogens is 2. The van der Waals surface area contributed by atoms with Crippen LogP contribution >= 0.6 is 11.6 Å². The van der Waals surface area contributed by atoms with Crippen LogP contribution in [0.5, 0.6) is 0 Å². The molecule has 0 spiro atoms. The Bertz CT molecular complexity index is 521. The van der Waals surface area contributed by atoms with Gasteiger partial charge in [0.2, 0.25) is 0 Å². The van der Waals surface area contributed by atoms with Crippen LogP contribution in [0, 0.1) is 6.92 Å². The number of rotatable bonds is 4. The first kappa shape index (κ1) is 13.1. The third-order valence-corrected chi connectivity index (χ3v) is 3.43. The molecule has 0 aliphatic carbocycles. The fourth-order valence-electron chi connectivity index (χ4n) is 2.18. The molecule has 2 N–H and O–H groups in total. The lowest BCUT2D eigenvalue weighted by molar-refractivity contribution is 0.422. The summed E-state index contributed by atoms with van der Waals surface area (Å²) in [4.78, 5) is 0. The molecule has 96 valence electrons. The highest BCUT2D eigenvalue weighted by atomic mass is 35.5. The number of benzene rings is 1. The van der Waals surface area contributed by atoms with Crippen molar-refractivity contribution in [3.8, 4) is 0 Å². The summed E-state index contributed by atoms with van der Waals surface area (Å²) in [6, 6.07) is 8.30. The first-order valence-electron chi connectivity index (χ1n) is 6.14. The molecule has 0 bridgehead atoms. The van der Waals surface area contributed by atoms with Crippen LogP contribution in [0.15, 0.2) is 36.7 Å². The first-order chi connectivity index (χ1) is 8.63. The van der Waals surface area contributed by atoms with Gasteiger partial charge in [-0.15, -0.1) is 0 Å². The second-order valence-electron chi connectivity index (χ2n) is 4.51. The maximum Gasteiger partial charge on any atom is 0.0922 e. The Morgan fingerprint density at radius 3 is 2.67 bits per heavy atom. The SMILES string of the molecule is CCC(N)C(c1ccccc1C)n1cc(Cl)cn1. The minimum Gasteiger partial charge on any atom is -0.326 e. The molecule has 0 radical (unpaired) electrons. The second-order valence-corrected chi connectivity index (χ2v) is 4.95. The van der Waals surface area contributed by atoms with Gasteiger partial charge >= 0.3 is 0 Å². The molecule has 0 aliphatic rings. The Balaban J connectivity index is 2.47. The Morgan fingerprint density at radius 2 is 2.11 bits per heavy atom. The summed E-state index contributed by atoms with van der Waals surface area (Å²) < 4.78 is 1.86. The molecule has 2 aromatic rings. The minimum absolute atomic E-state index is 0.0158. The maximum absolute atomic E-state index is 6.26. The molecule has 4 heteroatoms. The lowest BCUT2D eigenvalue weighted by Gasteiger charge is -2.25. The highest BCUT2D eigenvalue weighted by Crippen LogP contribution is 2.26. The predicted molar refractivity (Wildman–Crippen MR) is 74.8 cm³/mol. The zero-order valence-corrected chi connectivity index (χ0v) is 11.4. The normalized spacial score (nSPS) is 14.4. The van der Waals surface area contributed by atoms with Crippen molar-refractivity contribution in [3.05, 3.63) is 52.8 Å². The van der Waals surface area contributed by atoms with Gasteiger partial charge < -0.3 is 5.73 Å². The minimum atomic E-state index is 0.0158. The van der Waals surface area contributed by atoms with E-state index in [1.54, 1.807) is 6.20 Å². The molecule has 2 unspecified atom stereocenters. The zero-order valence-electron chi connectivity index (χ0n) is 10.7. The second kappa shape index (κ2) is 5.55. The summed E-state index contributed by atoms with van der Waals surface area (Å²) in [5.74, 6) is 0. The van der Waals surface area contributed by atoms with Gasteiger partial charge in [0.1, 0.15) is 0 Å². The van der Waals surface area contributed by atoms with Crippen LogP contribution in [0.1, 0.15) is 30.5 Å². The van der Waals surface area contributed by atoms with Gasteiger partial charge in [-0.25, -0.2) is 0 Å². The van der Waals surface area contributed by atoms with E-state index in [-0.39, 0.29) is 12.1 Å². The van der Waals surface area contributed by atoms with E-state index in [0.29, 0.717) is 5.02 Å². The van der Waals surface area contributed by atoms with Gasteiger partial charge in [-0.2, -0.15) is 5.10 Å². The van der Waals surface area contributed by atoms with Gasteiger partial charge in [0, 0.05) is 12.2 Å². The van der Waals surface area contributed by atoms with Gasteiger partial charge in [0.15, 0.2) is 0 Å². The lowest BCUT2D eigenvalue weighted by Crippen LogP contribution is -2.33. The number of hydrogen-bond acceptors (Lipinski definition) is 2. The number of aryl methyl sites for hydroxylation is 1. The Kier molecular flexibility index (Phi) is 4.04. The van der Waals surface area contributed by atoms with Crippen LogP contribution in [0.4, 0.5) is 0 Å². The number of nitrogens with zero attached hydrogens (tertiary/aromatic N) is 2. The third-order valence-electron chi connectivity index (χ3n) is 3.24. The summed E-state index contributed by atoms with van der Waals surface area (Å²) in [5, 5.41) is 4.94. The van der Waals surface area contributed by atoms with Crippen molar-refractivity contribution in [2.45, 2.75) is 32.4 Å².